The standard InChI is InChI=1S/C13H18F2N2O2S/c14-12-6-5-11(8-13(12)15)20(18,19)17-7-3-1-2-4-10(17)9-16/h5-6,8,10H,1-4,7,9,16H2. The molecule has 1 heterocycles. The molecular weight excluding hydrogens is 286 g/mol. The van der Waals surface area contributed by atoms with Crippen LogP contribution in [0.5, 0.6) is 0 Å². The maximum Gasteiger partial charge on any atom is 0.243 e. The summed E-state index contributed by atoms with van der Waals surface area (Å²) in [6.07, 6.45) is 3.31. The first-order chi connectivity index (χ1) is 9.46. The summed E-state index contributed by atoms with van der Waals surface area (Å²) in [6, 6.07) is 2.36. The summed E-state index contributed by atoms with van der Waals surface area (Å²) < 4.78 is 52.6. The Hall–Kier alpha value is -1.05. The van der Waals surface area contributed by atoms with Crippen LogP contribution in [-0.2, 0) is 10.0 Å². The van der Waals surface area contributed by atoms with Crippen molar-refractivity contribution in [2.75, 3.05) is 13.1 Å². The van der Waals surface area contributed by atoms with Crippen molar-refractivity contribution in [2.45, 2.75) is 36.6 Å². The number of hydrogen-bond acceptors (Lipinski definition) is 3. The molecule has 112 valence electrons. The summed E-state index contributed by atoms with van der Waals surface area (Å²) in [5.41, 5.74) is 5.65. The molecule has 20 heavy (non-hydrogen) atoms. The second-order valence-electron chi connectivity index (χ2n) is 4.93. The monoisotopic (exact) mass is 304 g/mol. The van der Waals surface area contributed by atoms with Gasteiger partial charge in [-0.15, -0.1) is 0 Å². The van der Waals surface area contributed by atoms with Crippen molar-refractivity contribution in [3.63, 3.8) is 0 Å². The van der Waals surface area contributed by atoms with Crippen LogP contribution < -0.4 is 5.73 Å². The first kappa shape index (κ1) is 15.3. The van der Waals surface area contributed by atoms with E-state index in [4.69, 9.17) is 5.73 Å². The minimum Gasteiger partial charge on any atom is -0.329 e. The van der Waals surface area contributed by atoms with E-state index in [1.54, 1.807) is 0 Å². The Morgan fingerprint density at radius 3 is 2.60 bits per heavy atom. The van der Waals surface area contributed by atoms with Crippen LogP contribution in [0.15, 0.2) is 23.1 Å². The molecule has 0 aromatic heterocycles. The summed E-state index contributed by atoms with van der Waals surface area (Å²) in [5.74, 6) is -2.22. The molecule has 2 rings (SSSR count). The highest BCUT2D eigenvalue weighted by Gasteiger charge is 2.32. The summed E-state index contributed by atoms with van der Waals surface area (Å²) in [5, 5.41) is 0. The van der Waals surface area contributed by atoms with Gasteiger partial charge in [-0.2, -0.15) is 4.31 Å². The van der Waals surface area contributed by atoms with Crippen LogP contribution >= 0.6 is 0 Å². The van der Waals surface area contributed by atoms with Crippen LogP contribution in [0.4, 0.5) is 8.78 Å². The number of rotatable bonds is 3. The van der Waals surface area contributed by atoms with Gasteiger partial charge in [0.25, 0.3) is 0 Å². The van der Waals surface area contributed by atoms with Crippen molar-refractivity contribution < 1.29 is 17.2 Å². The van der Waals surface area contributed by atoms with Crippen LogP contribution in [-0.4, -0.2) is 31.9 Å². The van der Waals surface area contributed by atoms with Gasteiger partial charge in [-0.05, 0) is 31.0 Å². The molecule has 1 aromatic carbocycles. The number of halogens is 2. The lowest BCUT2D eigenvalue weighted by Gasteiger charge is -2.28. The highest BCUT2D eigenvalue weighted by atomic mass is 32.2. The first-order valence-corrected chi connectivity index (χ1v) is 8.08. The fraction of sp³-hybridized carbons (Fsp3) is 0.538. The Morgan fingerprint density at radius 2 is 1.95 bits per heavy atom. The minimum atomic E-state index is -3.84. The highest BCUT2D eigenvalue weighted by molar-refractivity contribution is 7.89. The third-order valence-corrected chi connectivity index (χ3v) is 5.54. The Kier molecular flexibility index (Phi) is 4.72. The van der Waals surface area contributed by atoms with Gasteiger partial charge >= 0.3 is 0 Å². The number of nitrogens with two attached hydrogens (primary N) is 1. The van der Waals surface area contributed by atoms with Crippen molar-refractivity contribution in [3.8, 4) is 0 Å². The van der Waals surface area contributed by atoms with Crippen molar-refractivity contribution in [2.24, 2.45) is 5.73 Å². The van der Waals surface area contributed by atoms with E-state index in [0.29, 0.717) is 13.0 Å². The maximum absolute atomic E-state index is 13.3. The van der Waals surface area contributed by atoms with E-state index in [9.17, 15) is 17.2 Å². The van der Waals surface area contributed by atoms with Crippen LogP contribution in [0.3, 0.4) is 0 Å². The second-order valence-corrected chi connectivity index (χ2v) is 6.82. The van der Waals surface area contributed by atoms with Crippen LogP contribution in [0.1, 0.15) is 25.7 Å². The molecule has 0 bridgehead atoms. The van der Waals surface area contributed by atoms with E-state index in [0.717, 1.165) is 37.5 Å². The van der Waals surface area contributed by atoms with Gasteiger partial charge in [0.15, 0.2) is 11.6 Å². The molecule has 0 spiro atoms. The molecule has 1 fully saturated rings. The van der Waals surface area contributed by atoms with E-state index in [1.807, 2.05) is 0 Å². The molecular formula is C13H18F2N2O2S. The van der Waals surface area contributed by atoms with Crippen molar-refractivity contribution in [3.05, 3.63) is 29.8 Å². The molecule has 1 unspecified atom stereocenters. The van der Waals surface area contributed by atoms with Crippen molar-refractivity contribution in [1.29, 1.82) is 0 Å². The van der Waals surface area contributed by atoms with Crippen LogP contribution in [0.2, 0.25) is 0 Å². The third-order valence-electron chi connectivity index (χ3n) is 3.59. The summed E-state index contributed by atoms with van der Waals surface area (Å²) in [7, 11) is -3.84. The van der Waals surface area contributed by atoms with Gasteiger partial charge in [0.2, 0.25) is 10.0 Å². The maximum atomic E-state index is 13.3. The fourth-order valence-electron chi connectivity index (χ4n) is 2.48. The average Bonchev–Trinajstić information content (AvgIpc) is 2.67. The summed E-state index contributed by atoms with van der Waals surface area (Å²) in [6.45, 7) is 0.589. The number of hydrogen-bond donors (Lipinski definition) is 1. The largest absolute Gasteiger partial charge is 0.329 e. The van der Waals surface area contributed by atoms with Gasteiger partial charge in [0.05, 0.1) is 4.90 Å². The third kappa shape index (κ3) is 2.99. The SMILES string of the molecule is NCC1CCCCCN1S(=O)(=O)c1ccc(F)c(F)c1. The Labute approximate surface area is 117 Å². The smallest absolute Gasteiger partial charge is 0.243 e. The first-order valence-electron chi connectivity index (χ1n) is 6.64. The van der Waals surface area contributed by atoms with Gasteiger partial charge in [-0.3, -0.25) is 0 Å². The van der Waals surface area contributed by atoms with E-state index in [2.05, 4.69) is 0 Å². The Balaban J connectivity index is 2.38. The predicted octanol–water partition coefficient (Wildman–Crippen LogP) is 1.86. The molecule has 0 amide bonds. The second kappa shape index (κ2) is 6.15. The average molecular weight is 304 g/mol. The number of nitrogens with zero attached hydrogens (tertiary/aromatic N) is 1. The number of sulfonamides is 1. The van der Waals surface area contributed by atoms with Crippen LogP contribution in [0.25, 0.3) is 0 Å². The Bertz CT molecular complexity index is 578. The van der Waals surface area contributed by atoms with Crippen LogP contribution in [0, 0.1) is 11.6 Å². The van der Waals surface area contributed by atoms with E-state index < -0.39 is 21.7 Å². The summed E-state index contributed by atoms with van der Waals surface area (Å²) >= 11 is 0. The molecule has 1 atom stereocenters. The topological polar surface area (TPSA) is 63.4 Å². The Morgan fingerprint density at radius 1 is 1.20 bits per heavy atom. The molecule has 1 saturated heterocycles. The van der Waals surface area contributed by atoms with Gasteiger partial charge in [-0.25, -0.2) is 17.2 Å². The molecule has 7 heteroatoms. The lowest BCUT2D eigenvalue weighted by Crippen LogP contribution is -2.44. The normalized spacial score (nSPS) is 21.6. The van der Waals surface area contributed by atoms with E-state index in [-0.39, 0.29) is 17.5 Å². The van der Waals surface area contributed by atoms with E-state index >= 15 is 0 Å². The highest BCUT2D eigenvalue weighted by Crippen LogP contribution is 2.25. The van der Waals surface area contributed by atoms with Crippen molar-refractivity contribution in [1.82, 2.24) is 4.31 Å². The molecule has 0 radical (unpaired) electrons. The number of benzene rings is 1. The van der Waals surface area contributed by atoms with E-state index in [1.165, 1.54) is 4.31 Å². The fourth-order valence-corrected chi connectivity index (χ4v) is 4.19. The molecule has 0 saturated carbocycles. The zero-order valence-corrected chi connectivity index (χ0v) is 11.9. The molecule has 4 nitrogen and oxygen atoms in total. The van der Waals surface area contributed by atoms with Gasteiger partial charge in [0, 0.05) is 19.1 Å². The quantitative estimate of drug-likeness (QED) is 0.927. The molecule has 1 aromatic rings. The molecule has 2 N–H and O–H groups in total. The van der Waals surface area contributed by atoms with Gasteiger partial charge in [0.1, 0.15) is 0 Å². The van der Waals surface area contributed by atoms with Gasteiger partial charge in [-0.1, -0.05) is 12.8 Å². The van der Waals surface area contributed by atoms with Crippen molar-refractivity contribution >= 4 is 10.0 Å². The van der Waals surface area contributed by atoms with Gasteiger partial charge < -0.3 is 5.73 Å². The lowest BCUT2D eigenvalue weighted by molar-refractivity contribution is 0.327. The predicted molar refractivity (Wildman–Crippen MR) is 71.6 cm³/mol. The zero-order valence-electron chi connectivity index (χ0n) is 11.1. The minimum absolute atomic E-state index is 0.225. The molecule has 1 aliphatic heterocycles. The molecule has 0 aliphatic carbocycles. The molecule has 1 aliphatic rings. The summed E-state index contributed by atoms with van der Waals surface area (Å²) in [4.78, 5) is -0.225. The lowest BCUT2D eigenvalue weighted by atomic mass is 10.1. The zero-order chi connectivity index (χ0) is 14.8.